The van der Waals surface area contributed by atoms with Crippen LogP contribution in [0, 0.1) is 24.2 Å². The maximum atomic E-state index is 13.6. The lowest BCUT2D eigenvalue weighted by Crippen LogP contribution is -2.55. The van der Waals surface area contributed by atoms with Gasteiger partial charge in [0.25, 0.3) is 0 Å². The second-order valence-electron chi connectivity index (χ2n) is 8.59. The number of nitrogens with zero attached hydrogens (tertiary/aromatic N) is 4. The topological polar surface area (TPSA) is 85.7 Å². The Morgan fingerprint density at radius 3 is 2.79 bits per heavy atom. The zero-order valence-electron chi connectivity index (χ0n) is 18.7. The molecule has 2 aliphatic heterocycles. The summed E-state index contributed by atoms with van der Waals surface area (Å²) in [5.41, 5.74) is 10.5. The van der Waals surface area contributed by atoms with Crippen molar-refractivity contribution in [3.8, 4) is 17.2 Å². The van der Waals surface area contributed by atoms with Crippen LogP contribution < -0.4 is 10.6 Å². The standard InChI is InChI=1S/C26H25N5OS/c1-3-31-24(32)21-14-30(22-10-5-4-7-17(22)2)16-26(21,29-25(31)28)23-12-20(15-33-23)19-9-6-8-18(11-19)13-27/h4-12,15,21H,3,14,16H2,1-2H3,(H2,28,29)/t21?,26-/m0/s1. The van der Waals surface area contributed by atoms with E-state index in [-0.39, 0.29) is 17.8 Å². The van der Waals surface area contributed by atoms with E-state index in [0.717, 1.165) is 21.7 Å². The fourth-order valence-corrected chi connectivity index (χ4v) is 6.12. The molecule has 1 fully saturated rings. The number of amides is 1. The summed E-state index contributed by atoms with van der Waals surface area (Å²) < 4.78 is 0. The van der Waals surface area contributed by atoms with Crippen LogP contribution in [-0.2, 0) is 10.3 Å². The van der Waals surface area contributed by atoms with Crippen molar-refractivity contribution in [1.82, 2.24) is 4.90 Å². The molecule has 0 spiro atoms. The van der Waals surface area contributed by atoms with Gasteiger partial charge in [-0.15, -0.1) is 11.3 Å². The van der Waals surface area contributed by atoms with Crippen molar-refractivity contribution < 1.29 is 4.79 Å². The van der Waals surface area contributed by atoms with E-state index in [1.165, 1.54) is 5.56 Å². The molecule has 2 N–H and O–H groups in total. The molecule has 166 valence electrons. The first kappa shape index (κ1) is 21.2. The van der Waals surface area contributed by atoms with Gasteiger partial charge in [0.15, 0.2) is 5.96 Å². The summed E-state index contributed by atoms with van der Waals surface area (Å²) >= 11 is 1.60. The summed E-state index contributed by atoms with van der Waals surface area (Å²) in [6, 6.07) is 20.1. The van der Waals surface area contributed by atoms with Gasteiger partial charge in [-0.25, -0.2) is 4.99 Å². The van der Waals surface area contributed by atoms with Gasteiger partial charge in [-0.05, 0) is 60.2 Å². The summed E-state index contributed by atoms with van der Waals surface area (Å²) in [5, 5.41) is 11.4. The number of benzene rings is 2. The van der Waals surface area contributed by atoms with Crippen LogP contribution in [0.3, 0.4) is 0 Å². The number of hydrogen-bond acceptors (Lipinski definition) is 6. The van der Waals surface area contributed by atoms with Crippen LogP contribution in [0.4, 0.5) is 5.69 Å². The molecule has 2 aromatic carbocycles. The molecule has 1 unspecified atom stereocenters. The lowest BCUT2D eigenvalue weighted by Gasteiger charge is -2.37. The first-order chi connectivity index (χ1) is 16.0. The third-order valence-corrected chi connectivity index (χ3v) is 7.79. The molecule has 2 aliphatic rings. The highest BCUT2D eigenvalue weighted by atomic mass is 32.1. The summed E-state index contributed by atoms with van der Waals surface area (Å²) in [7, 11) is 0. The predicted molar refractivity (Wildman–Crippen MR) is 132 cm³/mol. The lowest BCUT2D eigenvalue weighted by atomic mass is 9.83. The molecule has 1 aromatic heterocycles. The molecule has 1 amide bonds. The molecule has 2 atom stereocenters. The van der Waals surface area contributed by atoms with Crippen molar-refractivity contribution in [2.45, 2.75) is 19.4 Å². The van der Waals surface area contributed by atoms with Crippen LogP contribution in [0.15, 0.2) is 65.0 Å². The van der Waals surface area contributed by atoms with E-state index in [4.69, 9.17) is 10.7 Å². The molecule has 3 aromatic rings. The van der Waals surface area contributed by atoms with E-state index in [2.05, 4.69) is 41.5 Å². The van der Waals surface area contributed by atoms with E-state index in [1.807, 2.05) is 37.3 Å². The number of thiophene rings is 1. The maximum absolute atomic E-state index is 13.6. The second kappa shape index (κ2) is 8.05. The number of carbonyl (C=O) groups excluding carboxylic acids is 1. The average molecular weight is 456 g/mol. The van der Waals surface area contributed by atoms with Gasteiger partial charge in [0.1, 0.15) is 5.54 Å². The molecule has 33 heavy (non-hydrogen) atoms. The number of para-hydroxylation sites is 1. The Morgan fingerprint density at radius 1 is 1.21 bits per heavy atom. The van der Waals surface area contributed by atoms with Crippen molar-refractivity contribution in [3.05, 3.63) is 76.0 Å². The first-order valence-corrected chi connectivity index (χ1v) is 11.9. The normalized spacial score (nSPS) is 22.2. The lowest BCUT2D eigenvalue weighted by molar-refractivity contribution is -0.133. The van der Waals surface area contributed by atoms with E-state index in [0.29, 0.717) is 25.2 Å². The molecule has 7 heteroatoms. The van der Waals surface area contributed by atoms with Crippen molar-refractivity contribution in [2.75, 3.05) is 24.5 Å². The first-order valence-electron chi connectivity index (χ1n) is 11.0. The van der Waals surface area contributed by atoms with E-state index in [9.17, 15) is 10.1 Å². The highest BCUT2D eigenvalue weighted by Gasteiger charge is 2.56. The number of hydrogen-bond donors (Lipinski definition) is 1. The molecule has 6 nitrogen and oxygen atoms in total. The SMILES string of the molecule is CCN1C(=O)C2CN(c3ccccc3C)C[C@]2(c2cc(-c3cccc(C#N)c3)cs2)N=C1N. The Labute approximate surface area is 197 Å². The number of fused-ring (bicyclic) bond motifs is 1. The molecular weight excluding hydrogens is 430 g/mol. The fourth-order valence-electron chi connectivity index (χ4n) is 5.01. The van der Waals surface area contributed by atoms with Gasteiger partial charge in [-0.1, -0.05) is 30.3 Å². The Kier molecular flexibility index (Phi) is 5.18. The number of aliphatic imine (C=N–C) groups is 1. The largest absolute Gasteiger partial charge is 0.369 e. The minimum absolute atomic E-state index is 0.0301. The maximum Gasteiger partial charge on any atom is 0.237 e. The van der Waals surface area contributed by atoms with Crippen LogP contribution in [0.25, 0.3) is 11.1 Å². The number of aryl methyl sites for hydroxylation is 1. The minimum atomic E-state index is -0.731. The van der Waals surface area contributed by atoms with Crippen LogP contribution in [0.2, 0.25) is 0 Å². The van der Waals surface area contributed by atoms with Gasteiger partial charge >= 0.3 is 0 Å². The average Bonchev–Trinajstić information content (AvgIpc) is 3.46. The van der Waals surface area contributed by atoms with Crippen LogP contribution >= 0.6 is 11.3 Å². The van der Waals surface area contributed by atoms with Gasteiger partial charge < -0.3 is 10.6 Å². The van der Waals surface area contributed by atoms with Crippen molar-refractivity contribution >= 4 is 28.9 Å². The molecule has 3 heterocycles. The van der Waals surface area contributed by atoms with E-state index < -0.39 is 5.54 Å². The quantitative estimate of drug-likeness (QED) is 0.642. The summed E-state index contributed by atoms with van der Waals surface area (Å²) in [5.74, 6) is -0.00405. The monoisotopic (exact) mass is 455 g/mol. The molecule has 0 aliphatic carbocycles. The Balaban J connectivity index is 1.62. The zero-order valence-corrected chi connectivity index (χ0v) is 19.5. The van der Waals surface area contributed by atoms with Gasteiger partial charge in [0.05, 0.1) is 17.6 Å². The number of carbonyl (C=O) groups is 1. The molecular formula is C26H25N5OS. The van der Waals surface area contributed by atoms with Crippen molar-refractivity contribution in [3.63, 3.8) is 0 Å². The Morgan fingerprint density at radius 2 is 2.03 bits per heavy atom. The predicted octanol–water partition coefficient (Wildman–Crippen LogP) is 4.10. The highest BCUT2D eigenvalue weighted by molar-refractivity contribution is 7.10. The number of rotatable bonds is 4. The van der Waals surface area contributed by atoms with Crippen LogP contribution in [-0.4, -0.2) is 36.4 Å². The molecule has 5 rings (SSSR count). The molecule has 1 saturated heterocycles. The summed E-state index contributed by atoms with van der Waals surface area (Å²) in [4.78, 5) is 23.4. The number of nitrogens with two attached hydrogens (primary N) is 1. The molecule has 0 bridgehead atoms. The van der Waals surface area contributed by atoms with Gasteiger partial charge in [-0.2, -0.15) is 5.26 Å². The third kappa shape index (κ3) is 3.38. The smallest absolute Gasteiger partial charge is 0.237 e. The van der Waals surface area contributed by atoms with Crippen LogP contribution in [0.1, 0.15) is 22.9 Å². The number of anilines is 1. The molecule has 0 radical (unpaired) electrons. The van der Waals surface area contributed by atoms with Gasteiger partial charge in [-0.3, -0.25) is 9.69 Å². The fraction of sp³-hybridized carbons (Fsp3) is 0.269. The van der Waals surface area contributed by atoms with E-state index >= 15 is 0 Å². The zero-order chi connectivity index (χ0) is 23.2. The highest BCUT2D eigenvalue weighted by Crippen LogP contribution is 2.48. The number of guanidine groups is 1. The summed E-state index contributed by atoms with van der Waals surface area (Å²) in [6.07, 6.45) is 0. The second-order valence-corrected chi connectivity index (χ2v) is 9.50. The van der Waals surface area contributed by atoms with E-state index in [1.54, 1.807) is 22.3 Å². The Hall–Kier alpha value is -3.63. The van der Waals surface area contributed by atoms with Crippen molar-refractivity contribution in [1.29, 1.82) is 5.26 Å². The van der Waals surface area contributed by atoms with Gasteiger partial charge in [0.2, 0.25) is 5.91 Å². The number of nitriles is 1. The van der Waals surface area contributed by atoms with Crippen molar-refractivity contribution in [2.24, 2.45) is 16.6 Å². The van der Waals surface area contributed by atoms with Gasteiger partial charge in [0, 0.05) is 30.2 Å². The Bertz CT molecular complexity index is 1310. The third-order valence-electron chi connectivity index (χ3n) is 6.69. The molecule has 0 saturated carbocycles. The minimum Gasteiger partial charge on any atom is -0.369 e. The summed E-state index contributed by atoms with van der Waals surface area (Å²) in [6.45, 7) is 5.69. The van der Waals surface area contributed by atoms with Crippen LogP contribution in [0.5, 0.6) is 0 Å².